The van der Waals surface area contributed by atoms with Crippen molar-refractivity contribution in [3.63, 3.8) is 0 Å². The minimum absolute atomic E-state index is 0.114. The van der Waals surface area contributed by atoms with Gasteiger partial charge < -0.3 is 9.32 Å². The van der Waals surface area contributed by atoms with E-state index in [0.717, 1.165) is 25.9 Å². The third-order valence-electron chi connectivity index (χ3n) is 4.36. The number of aryl methyl sites for hydroxylation is 1. The molecule has 1 aliphatic heterocycles. The predicted molar refractivity (Wildman–Crippen MR) is 86.9 cm³/mol. The van der Waals surface area contributed by atoms with Crippen molar-refractivity contribution in [3.8, 4) is 0 Å². The molecule has 1 aromatic carbocycles. The highest BCUT2D eigenvalue weighted by atomic mass is 32.2. The molecule has 1 aliphatic rings. The van der Waals surface area contributed by atoms with Crippen LogP contribution in [0.15, 0.2) is 32.3 Å². The number of piperidine rings is 1. The number of likely N-dealkylation sites (tertiary alicyclic amines) is 1. The summed E-state index contributed by atoms with van der Waals surface area (Å²) in [5.41, 5.74) is 0.848. The third kappa shape index (κ3) is 3.34. The summed E-state index contributed by atoms with van der Waals surface area (Å²) < 4.78 is 33.9. The van der Waals surface area contributed by atoms with Crippen molar-refractivity contribution in [3.05, 3.63) is 28.7 Å². The second kappa shape index (κ2) is 6.10. The number of nitrogens with zero attached hydrogens (tertiary/aromatic N) is 2. The van der Waals surface area contributed by atoms with Gasteiger partial charge in [0.15, 0.2) is 5.58 Å². The highest BCUT2D eigenvalue weighted by Gasteiger charge is 2.21. The smallest absolute Gasteiger partial charge is 0.408 e. The molecular weight excluding hydrogens is 318 g/mol. The van der Waals surface area contributed by atoms with Crippen molar-refractivity contribution in [2.75, 3.05) is 26.7 Å². The number of benzene rings is 1. The zero-order chi connectivity index (χ0) is 16.6. The average molecular weight is 339 g/mol. The van der Waals surface area contributed by atoms with Crippen LogP contribution in [0.3, 0.4) is 0 Å². The molecule has 2 aromatic rings. The molecule has 1 N–H and O–H groups in total. The Morgan fingerprint density at radius 1 is 1.35 bits per heavy atom. The molecular formula is C15H21N3O4S. The summed E-state index contributed by atoms with van der Waals surface area (Å²) in [6, 6.07) is 4.47. The molecule has 0 radical (unpaired) electrons. The minimum Gasteiger partial charge on any atom is -0.408 e. The van der Waals surface area contributed by atoms with Gasteiger partial charge in [0.05, 0.1) is 10.4 Å². The molecule has 0 spiro atoms. The lowest BCUT2D eigenvalue weighted by molar-refractivity contribution is 0.211. The van der Waals surface area contributed by atoms with E-state index < -0.39 is 15.8 Å². The van der Waals surface area contributed by atoms with Crippen LogP contribution in [0.4, 0.5) is 0 Å². The van der Waals surface area contributed by atoms with Gasteiger partial charge in [0.25, 0.3) is 0 Å². The lowest BCUT2D eigenvalue weighted by atomic mass is 9.99. The van der Waals surface area contributed by atoms with Gasteiger partial charge in [-0.1, -0.05) is 0 Å². The monoisotopic (exact) mass is 339 g/mol. The van der Waals surface area contributed by atoms with E-state index >= 15 is 0 Å². The van der Waals surface area contributed by atoms with E-state index in [4.69, 9.17) is 4.42 Å². The fraction of sp³-hybridized carbons (Fsp3) is 0.533. The molecule has 23 heavy (non-hydrogen) atoms. The Morgan fingerprint density at radius 3 is 2.87 bits per heavy atom. The summed E-state index contributed by atoms with van der Waals surface area (Å²) in [6.45, 7) is 2.38. The number of rotatable bonds is 4. The Hall–Kier alpha value is -1.64. The van der Waals surface area contributed by atoms with Crippen LogP contribution < -0.4 is 10.5 Å². The number of oxazole rings is 1. The molecule has 1 saturated heterocycles. The summed E-state index contributed by atoms with van der Waals surface area (Å²) >= 11 is 0. The second-order valence-corrected chi connectivity index (χ2v) is 7.95. The van der Waals surface area contributed by atoms with Crippen molar-refractivity contribution in [2.45, 2.75) is 17.7 Å². The maximum Gasteiger partial charge on any atom is 0.419 e. The quantitative estimate of drug-likeness (QED) is 0.889. The lowest BCUT2D eigenvalue weighted by Gasteiger charge is -2.29. The van der Waals surface area contributed by atoms with Crippen molar-refractivity contribution in [2.24, 2.45) is 13.0 Å². The van der Waals surface area contributed by atoms with Crippen LogP contribution in [0.2, 0.25) is 0 Å². The number of sulfonamides is 1. The average Bonchev–Trinajstić information content (AvgIpc) is 2.80. The number of nitrogens with one attached hydrogen (secondary N) is 1. The molecule has 3 rings (SSSR count). The Bertz CT molecular complexity index is 868. The maximum absolute atomic E-state index is 12.4. The summed E-state index contributed by atoms with van der Waals surface area (Å²) in [5.74, 6) is -0.185. The van der Waals surface area contributed by atoms with Gasteiger partial charge in [-0.2, -0.15) is 0 Å². The van der Waals surface area contributed by atoms with E-state index in [1.807, 2.05) is 7.05 Å². The maximum atomic E-state index is 12.4. The van der Waals surface area contributed by atoms with Crippen molar-refractivity contribution in [1.82, 2.24) is 14.2 Å². The predicted octanol–water partition coefficient (Wildman–Crippen LogP) is 0.752. The van der Waals surface area contributed by atoms with Gasteiger partial charge >= 0.3 is 5.76 Å². The van der Waals surface area contributed by atoms with Gasteiger partial charge in [0.1, 0.15) is 0 Å². The molecule has 2 heterocycles. The van der Waals surface area contributed by atoms with Gasteiger partial charge in [0, 0.05) is 26.2 Å². The van der Waals surface area contributed by atoms with E-state index in [1.165, 1.54) is 16.7 Å². The Balaban J connectivity index is 1.78. The van der Waals surface area contributed by atoms with Gasteiger partial charge in [0.2, 0.25) is 10.0 Å². The van der Waals surface area contributed by atoms with E-state index in [1.54, 1.807) is 13.1 Å². The fourth-order valence-corrected chi connectivity index (χ4v) is 4.16. The van der Waals surface area contributed by atoms with Gasteiger partial charge in [-0.15, -0.1) is 0 Å². The molecule has 1 aromatic heterocycles. The molecule has 8 heteroatoms. The van der Waals surface area contributed by atoms with Crippen molar-refractivity contribution >= 4 is 21.1 Å². The minimum atomic E-state index is -3.61. The molecule has 1 atom stereocenters. The fourth-order valence-electron chi connectivity index (χ4n) is 3.03. The van der Waals surface area contributed by atoms with Gasteiger partial charge in [-0.3, -0.25) is 4.57 Å². The van der Waals surface area contributed by atoms with E-state index in [2.05, 4.69) is 9.62 Å². The summed E-state index contributed by atoms with van der Waals surface area (Å²) in [4.78, 5) is 13.8. The largest absolute Gasteiger partial charge is 0.419 e. The van der Waals surface area contributed by atoms with Crippen molar-refractivity contribution in [1.29, 1.82) is 0 Å². The van der Waals surface area contributed by atoms with Gasteiger partial charge in [-0.25, -0.2) is 17.9 Å². The van der Waals surface area contributed by atoms with Crippen LogP contribution in [0.5, 0.6) is 0 Å². The standard InChI is InChI=1S/C15H21N3O4S/c1-17-7-3-4-11(10-17)9-16-23(20,21)12-5-6-13-14(8-12)22-15(19)18(13)2/h5-6,8,11,16H,3-4,7,9-10H2,1-2H3/t11-/m1/s1. The Kier molecular flexibility index (Phi) is 4.31. The van der Waals surface area contributed by atoms with Crippen LogP contribution in [-0.4, -0.2) is 44.6 Å². The number of fused-ring (bicyclic) bond motifs is 1. The van der Waals surface area contributed by atoms with Crippen LogP contribution in [0.25, 0.3) is 11.1 Å². The Morgan fingerprint density at radius 2 is 2.13 bits per heavy atom. The molecule has 126 valence electrons. The SMILES string of the molecule is CN1CCC[C@H](CNS(=O)(=O)c2ccc3c(c2)oc(=O)n3C)C1. The third-order valence-corrected chi connectivity index (χ3v) is 5.78. The first-order valence-corrected chi connectivity index (χ1v) is 9.13. The van der Waals surface area contributed by atoms with Gasteiger partial charge in [-0.05, 0) is 44.5 Å². The van der Waals surface area contributed by atoms with E-state index in [-0.39, 0.29) is 10.5 Å². The first kappa shape index (κ1) is 16.2. The van der Waals surface area contributed by atoms with Crippen LogP contribution in [0, 0.1) is 5.92 Å². The number of hydrogen-bond donors (Lipinski definition) is 1. The van der Waals surface area contributed by atoms with E-state index in [9.17, 15) is 13.2 Å². The number of hydrogen-bond acceptors (Lipinski definition) is 5. The molecule has 7 nitrogen and oxygen atoms in total. The molecule has 0 amide bonds. The molecule has 0 saturated carbocycles. The lowest BCUT2D eigenvalue weighted by Crippen LogP contribution is -2.39. The summed E-state index contributed by atoms with van der Waals surface area (Å²) in [5, 5.41) is 0. The highest BCUT2D eigenvalue weighted by Crippen LogP contribution is 2.19. The molecule has 0 bridgehead atoms. The zero-order valence-corrected chi connectivity index (χ0v) is 14.1. The topological polar surface area (TPSA) is 84.6 Å². The van der Waals surface area contributed by atoms with E-state index in [0.29, 0.717) is 18.0 Å². The van der Waals surface area contributed by atoms with Crippen LogP contribution in [0.1, 0.15) is 12.8 Å². The van der Waals surface area contributed by atoms with Crippen molar-refractivity contribution < 1.29 is 12.8 Å². The normalized spacial score (nSPS) is 20.2. The second-order valence-electron chi connectivity index (χ2n) is 6.18. The first-order valence-electron chi connectivity index (χ1n) is 7.64. The first-order chi connectivity index (χ1) is 10.9. The molecule has 0 unspecified atom stereocenters. The summed E-state index contributed by atoms with van der Waals surface area (Å²) in [6.07, 6.45) is 2.11. The highest BCUT2D eigenvalue weighted by molar-refractivity contribution is 7.89. The zero-order valence-electron chi connectivity index (χ0n) is 13.3. The van der Waals surface area contributed by atoms with Crippen LogP contribution in [-0.2, 0) is 17.1 Å². The Labute approximate surface area is 134 Å². The number of aromatic nitrogens is 1. The van der Waals surface area contributed by atoms with Crippen LogP contribution >= 0.6 is 0 Å². The molecule has 1 fully saturated rings. The molecule has 0 aliphatic carbocycles. The summed E-state index contributed by atoms with van der Waals surface area (Å²) in [7, 11) is 0.0191.